The Kier molecular flexibility index (Phi) is 4.33. The molecular weight excluding hydrogens is 256 g/mol. The molecule has 1 N–H and O–H groups in total. The Morgan fingerprint density at radius 1 is 1.35 bits per heavy atom. The maximum absolute atomic E-state index is 12.2. The number of benzene rings is 1. The Labute approximate surface area is 119 Å². The lowest BCUT2D eigenvalue weighted by Gasteiger charge is -2.21. The Hall–Kier alpha value is -1.55. The molecule has 4 heteroatoms. The fourth-order valence-electron chi connectivity index (χ4n) is 1.79. The molecule has 0 heterocycles. The van der Waals surface area contributed by atoms with Crippen LogP contribution in [0.15, 0.2) is 18.2 Å². The molecule has 1 fully saturated rings. The van der Waals surface area contributed by atoms with Gasteiger partial charge in [0.05, 0.1) is 13.2 Å². The van der Waals surface area contributed by atoms with Crippen molar-refractivity contribution in [3.05, 3.63) is 29.3 Å². The third kappa shape index (κ3) is 4.23. The van der Waals surface area contributed by atoms with Crippen molar-refractivity contribution in [1.82, 2.24) is 0 Å². The average Bonchev–Trinajstić information content (AvgIpc) is 3.18. The highest BCUT2D eigenvalue weighted by Crippen LogP contribution is 2.31. The van der Waals surface area contributed by atoms with Crippen LogP contribution in [0.2, 0.25) is 0 Å². The van der Waals surface area contributed by atoms with Gasteiger partial charge in [-0.2, -0.15) is 0 Å². The molecule has 1 aromatic carbocycles. The summed E-state index contributed by atoms with van der Waals surface area (Å²) >= 11 is 0. The molecule has 1 aliphatic carbocycles. The first-order chi connectivity index (χ1) is 9.39. The Balaban J connectivity index is 2.18. The largest absolute Gasteiger partial charge is 0.492 e. The third-order valence-electron chi connectivity index (χ3n) is 3.02. The van der Waals surface area contributed by atoms with Crippen molar-refractivity contribution >= 4 is 5.97 Å². The van der Waals surface area contributed by atoms with Gasteiger partial charge in [-0.05, 0) is 57.2 Å². The van der Waals surface area contributed by atoms with Crippen LogP contribution in [0.3, 0.4) is 0 Å². The third-order valence-corrected chi connectivity index (χ3v) is 3.02. The fourth-order valence-corrected chi connectivity index (χ4v) is 1.79. The minimum Gasteiger partial charge on any atom is -0.492 e. The van der Waals surface area contributed by atoms with Gasteiger partial charge in [0.2, 0.25) is 0 Å². The summed E-state index contributed by atoms with van der Waals surface area (Å²) in [6.07, 6.45) is 2.38. The van der Waals surface area contributed by atoms with E-state index in [1.54, 1.807) is 18.2 Å². The Bertz CT molecular complexity index is 484. The predicted molar refractivity (Wildman–Crippen MR) is 75.8 cm³/mol. The number of rotatable bonds is 5. The summed E-state index contributed by atoms with van der Waals surface area (Å²) in [7, 11) is 0. The molecule has 4 nitrogen and oxygen atoms in total. The summed E-state index contributed by atoms with van der Waals surface area (Å²) in [4.78, 5) is 12.2. The van der Waals surface area contributed by atoms with Crippen LogP contribution in [0.1, 0.15) is 49.5 Å². The van der Waals surface area contributed by atoms with E-state index in [4.69, 9.17) is 9.47 Å². The topological polar surface area (TPSA) is 55.8 Å². The Morgan fingerprint density at radius 3 is 2.60 bits per heavy atom. The van der Waals surface area contributed by atoms with Gasteiger partial charge in [0.1, 0.15) is 16.9 Å². The molecule has 1 aromatic rings. The van der Waals surface area contributed by atoms with E-state index in [0.29, 0.717) is 29.4 Å². The quantitative estimate of drug-likeness (QED) is 0.841. The van der Waals surface area contributed by atoms with Crippen LogP contribution in [-0.2, 0) is 11.3 Å². The zero-order chi connectivity index (χ0) is 14.8. The maximum atomic E-state index is 12.2. The van der Waals surface area contributed by atoms with E-state index in [2.05, 4.69) is 0 Å². The van der Waals surface area contributed by atoms with E-state index in [1.165, 1.54) is 12.8 Å². The highest BCUT2D eigenvalue weighted by atomic mass is 16.6. The second-order valence-corrected chi connectivity index (χ2v) is 6.24. The predicted octanol–water partition coefficient (Wildman–Crippen LogP) is 2.92. The minimum atomic E-state index is -0.555. The summed E-state index contributed by atoms with van der Waals surface area (Å²) in [5.74, 6) is 0.723. The van der Waals surface area contributed by atoms with Crippen LogP contribution in [0.25, 0.3) is 0 Å². The summed E-state index contributed by atoms with van der Waals surface area (Å²) in [6, 6.07) is 5.12. The van der Waals surface area contributed by atoms with Gasteiger partial charge in [-0.25, -0.2) is 4.79 Å². The molecule has 2 rings (SSSR count). The second-order valence-electron chi connectivity index (χ2n) is 6.24. The molecule has 0 radical (unpaired) electrons. The Morgan fingerprint density at radius 2 is 2.05 bits per heavy atom. The van der Waals surface area contributed by atoms with E-state index in [-0.39, 0.29) is 6.61 Å². The molecule has 0 spiro atoms. The molecule has 1 saturated carbocycles. The molecule has 1 aliphatic rings. The van der Waals surface area contributed by atoms with Crippen LogP contribution >= 0.6 is 0 Å². The lowest BCUT2D eigenvalue weighted by Crippen LogP contribution is -2.24. The fraction of sp³-hybridized carbons (Fsp3) is 0.562. The smallest absolute Gasteiger partial charge is 0.342 e. The molecule has 0 saturated heterocycles. The first kappa shape index (κ1) is 14.9. The van der Waals surface area contributed by atoms with E-state index in [0.717, 1.165) is 0 Å². The number of hydrogen-bond acceptors (Lipinski definition) is 4. The number of ether oxygens (including phenoxy) is 2. The molecule has 0 bridgehead atoms. The zero-order valence-corrected chi connectivity index (χ0v) is 12.3. The molecule has 110 valence electrons. The minimum absolute atomic E-state index is 0.112. The number of carbonyl (C=O) groups excluding carboxylic acids is 1. The molecule has 0 unspecified atom stereocenters. The molecule has 0 aromatic heterocycles. The first-order valence-electron chi connectivity index (χ1n) is 6.99. The van der Waals surface area contributed by atoms with Gasteiger partial charge in [-0.15, -0.1) is 0 Å². The van der Waals surface area contributed by atoms with E-state index in [9.17, 15) is 9.90 Å². The lowest BCUT2D eigenvalue weighted by molar-refractivity contribution is 0.00654. The summed E-state index contributed by atoms with van der Waals surface area (Å²) in [5.41, 5.74) is 0.497. The first-order valence-corrected chi connectivity index (χ1v) is 6.99. The molecule has 0 aliphatic heterocycles. The standard InChI is InChI=1S/C16H22O4/c1-16(2,3)20-15(18)13-8-12(9-17)6-7-14(13)19-10-11-4-5-11/h6-8,11,17H,4-5,9-10H2,1-3H3. The number of aliphatic hydroxyl groups excluding tert-OH is 1. The summed E-state index contributed by atoms with van der Waals surface area (Å²) < 4.78 is 11.1. The molecule has 0 amide bonds. The van der Waals surface area contributed by atoms with E-state index in [1.807, 2.05) is 20.8 Å². The van der Waals surface area contributed by atoms with Gasteiger partial charge in [0.25, 0.3) is 0 Å². The van der Waals surface area contributed by atoms with Gasteiger partial charge in [0, 0.05) is 0 Å². The molecular formula is C16H22O4. The molecule has 0 atom stereocenters. The monoisotopic (exact) mass is 278 g/mol. The lowest BCUT2D eigenvalue weighted by atomic mass is 10.1. The van der Waals surface area contributed by atoms with Crippen molar-refractivity contribution in [1.29, 1.82) is 0 Å². The normalized spacial score (nSPS) is 15.0. The SMILES string of the molecule is CC(C)(C)OC(=O)c1cc(CO)ccc1OCC1CC1. The molecule has 20 heavy (non-hydrogen) atoms. The van der Waals surface area contributed by atoms with Gasteiger partial charge in [-0.1, -0.05) is 6.07 Å². The highest BCUT2D eigenvalue weighted by Gasteiger charge is 2.25. The highest BCUT2D eigenvalue weighted by molar-refractivity contribution is 5.93. The van der Waals surface area contributed by atoms with Gasteiger partial charge < -0.3 is 14.6 Å². The van der Waals surface area contributed by atoms with Crippen LogP contribution in [0, 0.1) is 5.92 Å². The van der Waals surface area contributed by atoms with Gasteiger partial charge in [-0.3, -0.25) is 0 Å². The van der Waals surface area contributed by atoms with Crippen molar-refractivity contribution in [2.24, 2.45) is 5.92 Å². The number of carbonyl (C=O) groups is 1. The van der Waals surface area contributed by atoms with Crippen molar-refractivity contribution in [2.45, 2.75) is 45.8 Å². The number of esters is 1. The van der Waals surface area contributed by atoms with Gasteiger partial charge in [0.15, 0.2) is 0 Å². The summed E-state index contributed by atoms with van der Waals surface area (Å²) in [6.45, 7) is 6.00. The number of aliphatic hydroxyl groups is 1. The van der Waals surface area contributed by atoms with Crippen LogP contribution in [-0.4, -0.2) is 23.3 Å². The van der Waals surface area contributed by atoms with Crippen molar-refractivity contribution < 1.29 is 19.4 Å². The van der Waals surface area contributed by atoms with Crippen LogP contribution in [0.5, 0.6) is 5.75 Å². The van der Waals surface area contributed by atoms with Crippen LogP contribution < -0.4 is 4.74 Å². The maximum Gasteiger partial charge on any atom is 0.342 e. The van der Waals surface area contributed by atoms with Crippen LogP contribution in [0.4, 0.5) is 0 Å². The summed E-state index contributed by atoms with van der Waals surface area (Å²) in [5, 5.41) is 9.20. The van der Waals surface area contributed by atoms with Crippen molar-refractivity contribution in [3.8, 4) is 5.75 Å². The van der Waals surface area contributed by atoms with E-state index >= 15 is 0 Å². The van der Waals surface area contributed by atoms with E-state index < -0.39 is 11.6 Å². The van der Waals surface area contributed by atoms with Gasteiger partial charge >= 0.3 is 5.97 Å². The number of hydrogen-bond donors (Lipinski definition) is 1. The average molecular weight is 278 g/mol. The zero-order valence-electron chi connectivity index (χ0n) is 12.3. The second kappa shape index (κ2) is 5.83. The van der Waals surface area contributed by atoms with Crippen molar-refractivity contribution in [3.63, 3.8) is 0 Å². The van der Waals surface area contributed by atoms with Crippen molar-refractivity contribution in [2.75, 3.05) is 6.61 Å².